The van der Waals surface area contributed by atoms with E-state index in [9.17, 15) is 17.6 Å². The zero-order valence-corrected chi connectivity index (χ0v) is 5.48. The molecule has 0 aromatic heterocycles. The summed E-state index contributed by atoms with van der Waals surface area (Å²) < 4.78 is 38.8. The second-order valence-corrected chi connectivity index (χ2v) is 1.58. The van der Waals surface area contributed by atoms with Crippen molar-refractivity contribution in [2.45, 2.75) is 6.43 Å². The fourth-order valence-electron chi connectivity index (χ4n) is 0.385. The Bertz CT molecular complexity index is 135. The Morgan fingerprint density at radius 1 is 0.545 bits per heavy atom. The molecule has 0 fully saturated rings. The molecular weight excluding hydrogens is 160 g/mol. The lowest BCUT2D eigenvalue weighted by Crippen LogP contribution is -1.92. The molecule has 0 saturated heterocycles. The van der Waals surface area contributed by atoms with Gasteiger partial charge in [-0.1, -0.05) is 36.4 Å². The Kier molecular flexibility index (Phi) is 4.26. The molecule has 0 radical (unpaired) electrons. The molecule has 0 saturated carbocycles. The van der Waals surface area contributed by atoms with E-state index >= 15 is 0 Å². The molecule has 1 rings (SSSR count). The molecule has 0 unspecified atom stereocenters. The van der Waals surface area contributed by atoms with E-state index in [2.05, 4.69) is 0 Å². The first-order valence-corrected chi connectivity index (χ1v) is 2.76. The molecule has 1 aromatic rings. The van der Waals surface area contributed by atoms with Crippen molar-refractivity contribution in [2.24, 2.45) is 0 Å². The highest BCUT2D eigenvalue weighted by Gasteiger charge is 2.24. The summed E-state index contributed by atoms with van der Waals surface area (Å²) in [5.74, 6) is 0. The topological polar surface area (TPSA) is 0 Å². The average Bonchev–Trinajstić information content (AvgIpc) is 1.88. The van der Waals surface area contributed by atoms with Crippen molar-refractivity contribution in [1.29, 1.82) is 0 Å². The van der Waals surface area contributed by atoms with Crippen LogP contribution in [0.1, 0.15) is 0 Å². The zero-order chi connectivity index (χ0) is 8.74. The molecule has 62 valence electrons. The van der Waals surface area contributed by atoms with E-state index in [1.165, 1.54) is 0 Å². The molecule has 0 heterocycles. The number of alkyl halides is 4. The van der Waals surface area contributed by atoms with Crippen molar-refractivity contribution < 1.29 is 17.6 Å². The standard InChI is InChI=1S/C6H6.CF4/c1-2-4-6-5-3-1;2-1(3,4)5/h1-6H;. The maximum absolute atomic E-state index is 9.69. The summed E-state index contributed by atoms with van der Waals surface area (Å²) in [6.07, 6.45) is -5.50. The number of halogens is 4. The molecule has 11 heavy (non-hydrogen) atoms. The number of hydrogen-bond donors (Lipinski definition) is 0. The summed E-state index contributed by atoms with van der Waals surface area (Å²) in [6, 6.07) is 12.0. The SMILES string of the molecule is FC(F)(F)F.c1ccccc1. The van der Waals surface area contributed by atoms with Gasteiger partial charge in [-0.15, -0.1) is 17.6 Å². The molecule has 0 spiro atoms. The second-order valence-electron chi connectivity index (χ2n) is 1.58. The largest absolute Gasteiger partial charge is 0.559 e. The van der Waals surface area contributed by atoms with E-state index in [1.54, 1.807) is 0 Å². The van der Waals surface area contributed by atoms with Crippen LogP contribution >= 0.6 is 0 Å². The van der Waals surface area contributed by atoms with Crippen LogP contribution in [0.15, 0.2) is 36.4 Å². The minimum Gasteiger partial charge on any atom is -0.140 e. The second kappa shape index (κ2) is 4.71. The highest BCUT2D eigenvalue weighted by molar-refractivity contribution is 4.99. The third-order valence-electron chi connectivity index (χ3n) is 0.667. The third-order valence-corrected chi connectivity index (χ3v) is 0.667. The Labute approximate surface area is 61.5 Å². The van der Waals surface area contributed by atoms with E-state index in [0.717, 1.165) is 0 Å². The summed E-state index contributed by atoms with van der Waals surface area (Å²) in [6.45, 7) is 0. The van der Waals surface area contributed by atoms with Crippen molar-refractivity contribution in [3.8, 4) is 0 Å². The zero-order valence-electron chi connectivity index (χ0n) is 5.48. The Morgan fingerprint density at radius 3 is 0.727 bits per heavy atom. The first-order valence-electron chi connectivity index (χ1n) is 2.76. The summed E-state index contributed by atoms with van der Waals surface area (Å²) in [7, 11) is 0. The van der Waals surface area contributed by atoms with Gasteiger partial charge in [-0.05, 0) is 0 Å². The Hall–Kier alpha value is -1.06. The van der Waals surface area contributed by atoms with Gasteiger partial charge in [-0.2, -0.15) is 0 Å². The van der Waals surface area contributed by atoms with Crippen LogP contribution in [0.3, 0.4) is 0 Å². The van der Waals surface area contributed by atoms with Crippen molar-refractivity contribution >= 4 is 0 Å². The maximum atomic E-state index is 9.69. The molecular formula is C7H6F4. The van der Waals surface area contributed by atoms with Crippen molar-refractivity contribution in [3.63, 3.8) is 0 Å². The monoisotopic (exact) mass is 166 g/mol. The summed E-state index contributed by atoms with van der Waals surface area (Å²) in [4.78, 5) is 0. The predicted octanol–water partition coefficient (Wildman–Crippen LogP) is 3.16. The molecule has 1 aromatic carbocycles. The quantitative estimate of drug-likeness (QED) is 0.519. The predicted molar refractivity (Wildman–Crippen MR) is 33.6 cm³/mol. The highest BCUT2D eigenvalue weighted by atomic mass is 19.5. The van der Waals surface area contributed by atoms with Gasteiger partial charge in [0.1, 0.15) is 0 Å². The third kappa shape index (κ3) is 17.6. The maximum Gasteiger partial charge on any atom is 0.559 e. The van der Waals surface area contributed by atoms with Crippen LogP contribution in [0.5, 0.6) is 0 Å². The van der Waals surface area contributed by atoms with Crippen LogP contribution in [0.4, 0.5) is 17.6 Å². The normalized spacial score (nSPS) is 9.82. The van der Waals surface area contributed by atoms with Crippen molar-refractivity contribution in [3.05, 3.63) is 36.4 Å². The van der Waals surface area contributed by atoms with Gasteiger partial charge >= 0.3 is 6.43 Å². The van der Waals surface area contributed by atoms with Gasteiger partial charge in [0.2, 0.25) is 0 Å². The Morgan fingerprint density at radius 2 is 0.636 bits per heavy atom. The fourth-order valence-corrected chi connectivity index (χ4v) is 0.385. The number of hydrogen-bond acceptors (Lipinski definition) is 0. The summed E-state index contributed by atoms with van der Waals surface area (Å²) in [5, 5.41) is 0. The lowest BCUT2D eigenvalue weighted by Gasteiger charge is -1.82. The molecule has 0 amide bonds. The van der Waals surface area contributed by atoms with Crippen LogP contribution < -0.4 is 0 Å². The van der Waals surface area contributed by atoms with Gasteiger partial charge in [0, 0.05) is 0 Å². The minimum atomic E-state index is -5.50. The van der Waals surface area contributed by atoms with E-state index in [0.29, 0.717) is 0 Å². The molecule has 0 aliphatic heterocycles. The lowest BCUT2D eigenvalue weighted by molar-refractivity contribution is -0.237. The van der Waals surface area contributed by atoms with Crippen LogP contribution in [0.25, 0.3) is 0 Å². The van der Waals surface area contributed by atoms with Gasteiger partial charge in [0.15, 0.2) is 0 Å². The smallest absolute Gasteiger partial charge is 0.140 e. The summed E-state index contributed by atoms with van der Waals surface area (Å²) in [5.41, 5.74) is 0. The van der Waals surface area contributed by atoms with Gasteiger partial charge in [-0.25, -0.2) is 0 Å². The molecule has 0 atom stereocenters. The van der Waals surface area contributed by atoms with E-state index < -0.39 is 6.43 Å². The van der Waals surface area contributed by atoms with Gasteiger partial charge in [0.25, 0.3) is 0 Å². The number of rotatable bonds is 0. The van der Waals surface area contributed by atoms with Crippen molar-refractivity contribution in [1.82, 2.24) is 0 Å². The van der Waals surface area contributed by atoms with Crippen LogP contribution in [-0.4, -0.2) is 6.43 Å². The molecule has 0 bridgehead atoms. The average molecular weight is 166 g/mol. The van der Waals surface area contributed by atoms with Gasteiger partial charge in [-0.3, -0.25) is 0 Å². The highest BCUT2D eigenvalue weighted by Crippen LogP contribution is 2.13. The van der Waals surface area contributed by atoms with E-state index in [1.807, 2.05) is 36.4 Å². The molecule has 0 aliphatic rings. The first kappa shape index (κ1) is 9.94. The minimum absolute atomic E-state index is 2.00. The fraction of sp³-hybridized carbons (Fsp3) is 0.143. The van der Waals surface area contributed by atoms with Crippen LogP contribution in [-0.2, 0) is 0 Å². The molecule has 0 nitrogen and oxygen atoms in total. The van der Waals surface area contributed by atoms with Crippen LogP contribution in [0.2, 0.25) is 0 Å². The Balaban J connectivity index is 0.000000187. The van der Waals surface area contributed by atoms with Crippen LogP contribution in [0, 0.1) is 0 Å². The van der Waals surface area contributed by atoms with E-state index in [-0.39, 0.29) is 0 Å². The summed E-state index contributed by atoms with van der Waals surface area (Å²) >= 11 is 0. The lowest BCUT2D eigenvalue weighted by atomic mass is 10.4. The molecule has 0 aliphatic carbocycles. The van der Waals surface area contributed by atoms with Gasteiger partial charge < -0.3 is 0 Å². The van der Waals surface area contributed by atoms with Crippen molar-refractivity contribution in [2.75, 3.05) is 0 Å². The molecule has 0 N–H and O–H groups in total. The first-order chi connectivity index (χ1) is 5.00. The van der Waals surface area contributed by atoms with Gasteiger partial charge in [0.05, 0.1) is 0 Å². The molecule has 4 heteroatoms. The van der Waals surface area contributed by atoms with E-state index in [4.69, 9.17) is 0 Å². The number of benzene rings is 1.